The molecule has 0 heterocycles. The Morgan fingerprint density at radius 3 is 2.53 bits per heavy atom. The van der Waals surface area contributed by atoms with Crippen LogP contribution in [0.3, 0.4) is 0 Å². The molecule has 0 spiro atoms. The molecule has 0 saturated heterocycles. The summed E-state index contributed by atoms with van der Waals surface area (Å²) in [5.41, 5.74) is 5.36. The van der Waals surface area contributed by atoms with Crippen molar-refractivity contribution in [2.45, 2.75) is 30.7 Å². The quantitative estimate of drug-likeness (QED) is 0.785. The highest BCUT2D eigenvalue weighted by molar-refractivity contribution is 7.89. The number of sulfonamides is 1. The minimum absolute atomic E-state index is 0.180. The molecule has 0 bridgehead atoms. The second kappa shape index (κ2) is 6.36. The van der Waals surface area contributed by atoms with Gasteiger partial charge in [0.1, 0.15) is 0 Å². The summed E-state index contributed by atoms with van der Waals surface area (Å²) in [6.45, 7) is 1.76. The summed E-state index contributed by atoms with van der Waals surface area (Å²) in [5, 5.41) is 0. The molecule has 106 valence electrons. The third-order valence-electron chi connectivity index (χ3n) is 2.46. The summed E-state index contributed by atoms with van der Waals surface area (Å²) in [4.78, 5) is -0.160. The molecule has 1 atom stereocenters. The molecule has 0 aromatic heterocycles. The Balaban J connectivity index is 2.96. The average Bonchev–Trinajstić information content (AvgIpc) is 2.30. The van der Waals surface area contributed by atoms with Crippen LogP contribution in [0.1, 0.15) is 19.8 Å². The first-order valence-electron chi connectivity index (χ1n) is 5.52. The van der Waals surface area contributed by atoms with Gasteiger partial charge in [-0.1, -0.05) is 19.1 Å². The average molecular weight is 308 g/mol. The Hall–Kier alpha value is -1.12. The molecule has 0 aliphatic heterocycles. The summed E-state index contributed by atoms with van der Waals surface area (Å²) in [6, 6.07) is 1.91. The second-order valence-electron chi connectivity index (χ2n) is 3.97. The minimum Gasteiger partial charge on any atom is -0.393 e. The number of hydrogen-bond acceptors (Lipinski definition) is 3. The Labute approximate surface area is 116 Å². The van der Waals surface area contributed by atoms with E-state index in [9.17, 15) is 17.2 Å². The van der Waals surface area contributed by atoms with Gasteiger partial charge in [0, 0.05) is 12.5 Å². The molecular formula is C11H14F2N2O2S2. The van der Waals surface area contributed by atoms with Crippen molar-refractivity contribution in [2.75, 3.05) is 0 Å². The maximum Gasteiger partial charge on any atom is 0.240 e. The summed E-state index contributed by atoms with van der Waals surface area (Å²) in [7, 11) is -3.93. The number of thiocarbonyl (C=S) groups is 1. The first-order valence-corrected chi connectivity index (χ1v) is 7.41. The van der Waals surface area contributed by atoms with Crippen LogP contribution in [0.4, 0.5) is 8.78 Å². The number of nitrogens with two attached hydrogens (primary N) is 1. The fraction of sp³-hybridized carbons (Fsp3) is 0.364. The van der Waals surface area contributed by atoms with Gasteiger partial charge in [0.05, 0.1) is 9.88 Å². The third-order valence-corrected chi connectivity index (χ3v) is 4.15. The lowest BCUT2D eigenvalue weighted by Crippen LogP contribution is -2.37. The molecule has 1 rings (SSSR count). The van der Waals surface area contributed by atoms with E-state index in [1.54, 1.807) is 6.92 Å². The van der Waals surface area contributed by atoms with E-state index in [-0.39, 0.29) is 16.3 Å². The van der Waals surface area contributed by atoms with Crippen LogP contribution in [-0.2, 0) is 10.0 Å². The Bertz CT molecular complexity index is 576. The van der Waals surface area contributed by atoms with E-state index < -0.39 is 27.7 Å². The van der Waals surface area contributed by atoms with Crippen molar-refractivity contribution in [2.24, 2.45) is 5.73 Å². The van der Waals surface area contributed by atoms with Crippen LogP contribution in [0.15, 0.2) is 23.1 Å². The SMILES string of the molecule is CCC(CC(N)=S)NS(=O)(=O)c1ccc(F)c(F)c1. The van der Waals surface area contributed by atoms with Gasteiger partial charge in [0.2, 0.25) is 10.0 Å². The molecular weight excluding hydrogens is 294 g/mol. The van der Waals surface area contributed by atoms with Crippen molar-refractivity contribution in [1.82, 2.24) is 4.72 Å². The van der Waals surface area contributed by atoms with Crippen LogP contribution in [0, 0.1) is 11.6 Å². The molecule has 4 nitrogen and oxygen atoms in total. The first-order chi connectivity index (χ1) is 8.76. The van der Waals surface area contributed by atoms with Gasteiger partial charge in [-0.05, 0) is 24.6 Å². The van der Waals surface area contributed by atoms with E-state index >= 15 is 0 Å². The van der Waals surface area contributed by atoms with Crippen LogP contribution in [0.2, 0.25) is 0 Å². The highest BCUT2D eigenvalue weighted by Crippen LogP contribution is 2.15. The lowest BCUT2D eigenvalue weighted by atomic mass is 10.2. The zero-order valence-corrected chi connectivity index (χ0v) is 11.8. The zero-order valence-electron chi connectivity index (χ0n) is 10.2. The molecule has 0 amide bonds. The Morgan fingerprint density at radius 2 is 2.05 bits per heavy atom. The predicted molar refractivity (Wildman–Crippen MR) is 72.2 cm³/mol. The van der Waals surface area contributed by atoms with Crippen LogP contribution in [0.25, 0.3) is 0 Å². The fourth-order valence-corrected chi connectivity index (χ4v) is 2.98. The third kappa shape index (κ3) is 4.48. The van der Waals surface area contributed by atoms with Gasteiger partial charge >= 0.3 is 0 Å². The van der Waals surface area contributed by atoms with Gasteiger partial charge in [-0.2, -0.15) is 0 Å². The monoisotopic (exact) mass is 308 g/mol. The predicted octanol–water partition coefficient (Wildman–Crippen LogP) is 1.70. The molecule has 0 fully saturated rings. The molecule has 3 N–H and O–H groups in total. The van der Waals surface area contributed by atoms with E-state index in [2.05, 4.69) is 4.72 Å². The second-order valence-corrected chi connectivity index (χ2v) is 6.21. The molecule has 0 saturated carbocycles. The van der Waals surface area contributed by atoms with Crippen molar-refractivity contribution in [1.29, 1.82) is 0 Å². The van der Waals surface area contributed by atoms with Crippen LogP contribution < -0.4 is 10.5 Å². The molecule has 1 unspecified atom stereocenters. The standard InChI is InChI=1S/C11H14F2N2O2S2/c1-2-7(5-11(14)18)15-19(16,17)8-3-4-9(12)10(13)6-8/h3-4,6-7,15H,2,5H2,1H3,(H2,14,18). The van der Waals surface area contributed by atoms with E-state index in [1.807, 2.05) is 0 Å². The highest BCUT2D eigenvalue weighted by Gasteiger charge is 2.20. The van der Waals surface area contributed by atoms with E-state index in [1.165, 1.54) is 0 Å². The van der Waals surface area contributed by atoms with Crippen molar-refractivity contribution in [3.63, 3.8) is 0 Å². The van der Waals surface area contributed by atoms with Gasteiger partial charge in [0.25, 0.3) is 0 Å². The van der Waals surface area contributed by atoms with Crippen LogP contribution in [0.5, 0.6) is 0 Å². The number of hydrogen-bond donors (Lipinski definition) is 2. The number of benzene rings is 1. The first kappa shape index (κ1) is 15.9. The smallest absolute Gasteiger partial charge is 0.240 e. The molecule has 1 aromatic carbocycles. The topological polar surface area (TPSA) is 72.2 Å². The maximum atomic E-state index is 13.0. The molecule has 8 heteroatoms. The normalized spacial score (nSPS) is 13.2. The molecule has 0 aliphatic rings. The Kier molecular flexibility index (Phi) is 5.33. The van der Waals surface area contributed by atoms with Crippen molar-refractivity contribution in [3.8, 4) is 0 Å². The van der Waals surface area contributed by atoms with Gasteiger partial charge in [-0.25, -0.2) is 21.9 Å². The maximum absolute atomic E-state index is 13.0. The van der Waals surface area contributed by atoms with Crippen molar-refractivity contribution in [3.05, 3.63) is 29.8 Å². The highest BCUT2D eigenvalue weighted by atomic mass is 32.2. The molecule has 0 aliphatic carbocycles. The van der Waals surface area contributed by atoms with Crippen molar-refractivity contribution >= 4 is 27.2 Å². The van der Waals surface area contributed by atoms with Crippen LogP contribution >= 0.6 is 12.2 Å². The molecule has 19 heavy (non-hydrogen) atoms. The largest absolute Gasteiger partial charge is 0.393 e. The van der Waals surface area contributed by atoms with Gasteiger partial charge in [-0.3, -0.25) is 0 Å². The number of nitrogens with one attached hydrogen (secondary N) is 1. The zero-order chi connectivity index (χ0) is 14.6. The molecule has 0 radical (unpaired) electrons. The van der Waals surface area contributed by atoms with Crippen molar-refractivity contribution < 1.29 is 17.2 Å². The summed E-state index contributed by atoms with van der Waals surface area (Å²) in [5.74, 6) is -2.32. The summed E-state index contributed by atoms with van der Waals surface area (Å²) >= 11 is 4.72. The fourth-order valence-electron chi connectivity index (χ4n) is 1.44. The van der Waals surface area contributed by atoms with Crippen LogP contribution in [-0.4, -0.2) is 19.4 Å². The summed E-state index contributed by atoms with van der Waals surface area (Å²) in [6.07, 6.45) is 0.676. The Morgan fingerprint density at radius 1 is 1.42 bits per heavy atom. The number of halogens is 2. The minimum atomic E-state index is -3.93. The van der Waals surface area contributed by atoms with Gasteiger partial charge in [0.15, 0.2) is 11.6 Å². The lowest BCUT2D eigenvalue weighted by Gasteiger charge is -2.16. The van der Waals surface area contributed by atoms with E-state index in [0.29, 0.717) is 12.5 Å². The molecule has 1 aromatic rings. The lowest BCUT2D eigenvalue weighted by molar-refractivity contribution is 0.503. The van der Waals surface area contributed by atoms with E-state index in [4.69, 9.17) is 18.0 Å². The van der Waals surface area contributed by atoms with Gasteiger partial charge in [-0.15, -0.1) is 0 Å². The van der Waals surface area contributed by atoms with Gasteiger partial charge < -0.3 is 5.73 Å². The number of rotatable bonds is 6. The van der Waals surface area contributed by atoms with E-state index in [0.717, 1.165) is 12.1 Å². The summed E-state index contributed by atoms with van der Waals surface area (Å²) < 4.78 is 52.1.